The molecule has 0 aromatic heterocycles. The van der Waals surface area contributed by atoms with Crippen LogP contribution in [-0.2, 0) is 16.2 Å². The van der Waals surface area contributed by atoms with E-state index < -0.39 is 4.87 Å². The summed E-state index contributed by atoms with van der Waals surface area (Å²) in [6, 6.07) is 20.4. The average molecular weight is 483 g/mol. The van der Waals surface area contributed by atoms with Gasteiger partial charge < -0.3 is 9.80 Å². The number of carbonyl (C=O) groups is 2. The molecule has 1 saturated heterocycles. The number of anilines is 1. The second-order valence-corrected chi connectivity index (χ2v) is 10.0. The van der Waals surface area contributed by atoms with Crippen LogP contribution in [0.15, 0.2) is 66.7 Å². The monoisotopic (exact) mass is 482 g/mol. The van der Waals surface area contributed by atoms with E-state index in [-0.39, 0.29) is 11.8 Å². The Balaban J connectivity index is 1.63. The topological polar surface area (TPSA) is 40.6 Å². The highest BCUT2D eigenvalue weighted by Gasteiger charge is 2.59. The fraction of sp³-hybridized carbons (Fsp3) is 0.200. The molecule has 0 unspecified atom stereocenters. The van der Waals surface area contributed by atoms with Crippen molar-refractivity contribution >= 4 is 52.5 Å². The molecule has 2 heterocycles. The molecule has 32 heavy (non-hydrogen) atoms. The van der Waals surface area contributed by atoms with Gasteiger partial charge in [-0.1, -0.05) is 59.6 Å². The molecule has 2 aliphatic heterocycles. The number of fused-ring (bicyclic) bond motifs is 2. The molecular formula is C25H20Cl2N2O2S. The lowest BCUT2D eigenvalue weighted by Gasteiger charge is -2.33. The molecule has 0 aliphatic carbocycles. The van der Waals surface area contributed by atoms with Crippen LogP contribution in [0, 0.1) is 6.92 Å². The third-order valence-corrected chi connectivity index (χ3v) is 8.09. The van der Waals surface area contributed by atoms with Crippen LogP contribution in [0.3, 0.4) is 0 Å². The van der Waals surface area contributed by atoms with Gasteiger partial charge in [0, 0.05) is 33.5 Å². The molecule has 7 heteroatoms. The number of nitrogens with zero attached hydrogens (tertiary/aromatic N) is 2. The number of aryl methyl sites for hydroxylation is 1. The first-order chi connectivity index (χ1) is 15.4. The standard InChI is InChI=1S/C25H20Cl2N2O2S/c1-16-6-2-4-8-19(16)23(30)29-12-13-32-25(29)20-14-18(26)10-11-22(20)28(24(25)31)15-17-7-3-5-9-21(17)27/h2-11,14H,12-13,15H2,1H3/t25-/m1/s1. The molecule has 162 valence electrons. The Morgan fingerprint density at radius 3 is 2.59 bits per heavy atom. The first-order valence-electron chi connectivity index (χ1n) is 10.3. The normalized spacial score (nSPS) is 19.7. The van der Waals surface area contributed by atoms with Crippen LogP contribution in [0.25, 0.3) is 0 Å². The van der Waals surface area contributed by atoms with E-state index in [0.717, 1.165) is 22.4 Å². The number of benzene rings is 3. The van der Waals surface area contributed by atoms with Gasteiger partial charge in [-0.25, -0.2) is 0 Å². The summed E-state index contributed by atoms with van der Waals surface area (Å²) in [6.07, 6.45) is 0. The summed E-state index contributed by atoms with van der Waals surface area (Å²) in [4.78, 5) is 30.0. The molecule has 1 fully saturated rings. The number of amides is 2. The zero-order chi connectivity index (χ0) is 22.5. The SMILES string of the molecule is Cc1ccccc1C(=O)N1CCS[C@]12C(=O)N(Cc1ccccc1Cl)c1ccc(Cl)cc12. The molecule has 5 rings (SSSR count). The van der Waals surface area contributed by atoms with Crippen LogP contribution in [0.4, 0.5) is 5.69 Å². The van der Waals surface area contributed by atoms with Gasteiger partial charge in [-0.2, -0.15) is 0 Å². The molecule has 2 aliphatic rings. The fourth-order valence-electron chi connectivity index (χ4n) is 4.50. The van der Waals surface area contributed by atoms with E-state index in [1.165, 1.54) is 11.8 Å². The number of hydrogen-bond donors (Lipinski definition) is 0. The summed E-state index contributed by atoms with van der Waals surface area (Å²) in [5.74, 6) is 0.376. The van der Waals surface area contributed by atoms with E-state index >= 15 is 0 Å². The van der Waals surface area contributed by atoms with Gasteiger partial charge in [-0.15, -0.1) is 11.8 Å². The number of rotatable bonds is 3. The summed E-state index contributed by atoms with van der Waals surface area (Å²) < 4.78 is 0. The molecule has 1 spiro atoms. The predicted octanol–water partition coefficient (Wildman–Crippen LogP) is 5.89. The van der Waals surface area contributed by atoms with Crippen LogP contribution in [-0.4, -0.2) is 29.0 Å². The smallest absolute Gasteiger partial charge is 0.268 e. The first kappa shape index (κ1) is 21.4. The maximum absolute atomic E-state index is 14.1. The highest BCUT2D eigenvalue weighted by Crippen LogP contribution is 2.55. The number of halogens is 2. The van der Waals surface area contributed by atoms with Crippen molar-refractivity contribution in [1.82, 2.24) is 4.90 Å². The molecule has 0 saturated carbocycles. The van der Waals surface area contributed by atoms with E-state index in [1.807, 2.05) is 67.6 Å². The van der Waals surface area contributed by atoms with Crippen LogP contribution in [0.1, 0.15) is 27.0 Å². The van der Waals surface area contributed by atoms with Crippen molar-refractivity contribution in [1.29, 1.82) is 0 Å². The predicted molar refractivity (Wildman–Crippen MR) is 130 cm³/mol. The van der Waals surface area contributed by atoms with Gasteiger partial charge in [0.1, 0.15) is 0 Å². The van der Waals surface area contributed by atoms with Crippen molar-refractivity contribution in [2.45, 2.75) is 18.3 Å². The number of thioether (sulfide) groups is 1. The van der Waals surface area contributed by atoms with Gasteiger partial charge in [0.2, 0.25) is 0 Å². The lowest BCUT2D eigenvalue weighted by molar-refractivity contribution is -0.123. The first-order valence-corrected chi connectivity index (χ1v) is 12.0. The Morgan fingerprint density at radius 1 is 1.06 bits per heavy atom. The van der Waals surface area contributed by atoms with Crippen LogP contribution >= 0.6 is 35.0 Å². The van der Waals surface area contributed by atoms with Gasteiger partial charge in [-0.3, -0.25) is 9.59 Å². The molecule has 4 nitrogen and oxygen atoms in total. The lowest BCUT2D eigenvalue weighted by atomic mass is 10.0. The van der Waals surface area contributed by atoms with Crippen molar-refractivity contribution < 1.29 is 9.59 Å². The van der Waals surface area contributed by atoms with E-state index in [9.17, 15) is 9.59 Å². The van der Waals surface area contributed by atoms with Crippen molar-refractivity contribution in [3.05, 3.63) is 99.0 Å². The van der Waals surface area contributed by atoms with Crippen molar-refractivity contribution in [2.24, 2.45) is 0 Å². The minimum atomic E-state index is -1.14. The van der Waals surface area contributed by atoms with Gasteiger partial charge in [0.05, 0.1) is 12.2 Å². The highest BCUT2D eigenvalue weighted by molar-refractivity contribution is 8.01. The molecular weight excluding hydrogens is 463 g/mol. The second kappa shape index (κ2) is 8.14. The van der Waals surface area contributed by atoms with Crippen LogP contribution in [0.2, 0.25) is 10.0 Å². The van der Waals surface area contributed by atoms with Crippen molar-refractivity contribution in [3.8, 4) is 0 Å². The van der Waals surface area contributed by atoms with E-state index in [4.69, 9.17) is 23.2 Å². The second-order valence-electron chi connectivity index (χ2n) is 7.91. The summed E-state index contributed by atoms with van der Waals surface area (Å²) in [7, 11) is 0. The molecule has 0 bridgehead atoms. The minimum Gasteiger partial charge on any atom is -0.311 e. The minimum absolute atomic E-state index is 0.140. The summed E-state index contributed by atoms with van der Waals surface area (Å²) in [6.45, 7) is 2.71. The van der Waals surface area contributed by atoms with Gasteiger partial charge in [-0.05, 0) is 48.4 Å². The third kappa shape index (κ3) is 3.22. The number of hydrogen-bond acceptors (Lipinski definition) is 3. The Bertz CT molecular complexity index is 1250. The molecule has 2 amide bonds. The zero-order valence-corrected chi connectivity index (χ0v) is 19.7. The van der Waals surface area contributed by atoms with E-state index in [0.29, 0.717) is 34.5 Å². The summed E-state index contributed by atoms with van der Waals surface area (Å²) in [5.41, 5.74) is 3.85. The Labute approximate surface area is 201 Å². The van der Waals surface area contributed by atoms with Gasteiger partial charge in [0.25, 0.3) is 11.8 Å². The maximum Gasteiger partial charge on any atom is 0.268 e. The van der Waals surface area contributed by atoms with Crippen LogP contribution < -0.4 is 4.90 Å². The van der Waals surface area contributed by atoms with Crippen LogP contribution in [0.5, 0.6) is 0 Å². The Hall–Kier alpha value is -2.47. The maximum atomic E-state index is 14.1. The molecule has 3 aromatic rings. The number of carbonyl (C=O) groups excluding carboxylic acids is 2. The summed E-state index contributed by atoms with van der Waals surface area (Å²) in [5, 5.41) is 1.13. The molecule has 0 radical (unpaired) electrons. The Morgan fingerprint density at radius 2 is 1.81 bits per heavy atom. The average Bonchev–Trinajstić information content (AvgIpc) is 3.32. The Kier molecular flexibility index (Phi) is 5.44. The lowest BCUT2D eigenvalue weighted by Crippen LogP contribution is -2.50. The van der Waals surface area contributed by atoms with E-state index in [2.05, 4.69) is 0 Å². The largest absolute Gasteiger partial charge is 0.311 e. The van der Waals surface area contributed by atoms with Gasteiger partial charge >= 0.3 is 0 Å². The van der Waals surface area contributed by atoms with Crippen molar-refractivity contribution in [3.63, 3.8) is 0 Å². The fourth-order valence-corrected chi connectivity index (χ4v) is 6.32. The molecule has 1 atom stereocenters. The summed E-state index contributed by atoms with van der Waals surface area (Å²) >= 11 is 14.3. The highest BCUT2D eigenvalue weighted by atomic mass is 35.5. The third-order valence-electron chi connectivity index (χ3n) is 6.06. The quantitative estimate of drug-likeness (QED) is 0.467. The van der Waals surface area contributed by atoms with Crippen molar-refractivity contribution in [2.75, 3.05) is 17.2 Å². The molecule has 3 aromatic carbocycles. The van der Waals surface area contributed by atoms with E-state index in [1.54, 1.807) is 15.9 Å². The zero-order valence-electron chi connectivity index (χ0n) is 17.3. The van der Waals surface area contributed by atoms with Gasteiger partial charge in [0.15, 0.2) is 4.87 Å². The molecule has 0 N–H and O–H groups in total.